The molecule has 0 aliphatic heterocycles. The molecule has 0 fully saturated rings. The molecule has 0 aliphatic rings. The first-order valence-corrected chi connectivity index (χ1v) is 6.12. The third-order valence-corrected chi connectivity index (χ3v) is 2.67. The molecular weight excluding hydrogens is 246 g/mol. The molecule has 1 amide bonds. The van der Waals surface area contributed by atoms with E-state index in [2.05, 4.69) is 5.32 Å². The maximum absolute atomic E-state index is 11.5. The fraction of sp³-hybridized carbons (Fsp3) is 0.429. The van der Waals surface area contributed by atoms with Crippen LogP contribution in [0.3, 0.4) is 0 Å². The van der Waals surface area contributed by atoms with Gasteiger partial charge >= 0.3 is 0 Å². The van der Waals surface area contributed by atoms with Crippen LogP contribution in [0.15, 0.2) is 18.2 Å². The molecule has 104 valence electrons. The van der Waals surface area contributed by atoms with Gasteiger partial charge in [-0.15, -0.1) is 0 Å². The summed E-state index contributed by atoms with van der Waals surface area (Å²) < 4.78 is 10.3. The lowest BCUT2D eigenvalue weighted by molar-refractivity contribution is -0.121. The highest BCUT2D eigenvalue weighted by atomic mass is 16.5. The zero-order valence-electron chi connectivity index (χ0n) is 11.3. The van der Waals surface area contributed by atoms with Gasteiger partial charge in [0.05, 0.1) is 14.2 Å². The van der Waals surface area contributed by atoms with E-state index in [1.165, 1.54) is 0 Å². The van der Waals surface area contributed by atoms with Crippen molar-refractivity contribution in [2.24, 2.45) is 0 Å². The predicted molar refractivity (Wildman–Crippen MR) is 71.6 cm³/mol. The summed E-state index contributed by atoms with van der Waals surface area (Å²) in [6.45, 7) is 0.397. The number of hydrogen-bond donors (Lipinski definition) is 1. The fourth-order valence-corrected chi connectivity index (χ4v) is 1.65. The highest BCUT2D eigenvalue weighted by molar-refractivity contribution is 5.76. The van der Waals surface area contributed by atoms with E-state index in [4.69, 9.17) is 9.47 Å². The van der Waals surface area contributed by atoms with Gasteiger partial charge in [-0.1, -0.05) is 6.07 Å². The standard InChI is InChI=1S/C14H19NO4/c1-18-12-6-4-11(10-13(12)19-2)5-7-14(17)15-8-3-9-16/h4,6,9-10H,3,5,7-8H2,1-2H3,(H,15,17). The molecule has 5 nitrogen and oxygen atoms in total. The molecule has 0 unspecified atom stereocenters. The molecule has 5 heteroatoms. The second kappa shape index (κ2) is 8.13. The second-order valence-corrected chi connectivity index (χ2v) is 3.99. The van der Waals surface area contributed by atoms with Crippen molar-refractivity contribution in [1.82, 2.24) is 5.32 Å². The first kappa shape index (κ1) is 15.0. The Morgan fingerprint density at radius 3 is 2.63 bits per heavy atom. The van der Waals surface area contributed by atoms with Gasteiger partial charge in [0.25, 0.3) is 0 Å². The van der Waals surface area contributed by atoms with Crippen LogP contribution in [0.5, 0.6) is 11.5 Å². The van der Waals surface area contributed by atoms with Crippen molar-refractivity contribution in [3.8, 4) is 11.5 Å². The lowest BCUT2D eigenvalue weighted by atomic mass is 10.1. The van der Waals surface area contributed by atoms with Gasteiger partial charge in [-0.05, 0) is 24.1 Å². The molecule has 1 rings (SSSR count). The number of benzene rings is 1. The third kappa shape index (κ3) is 4.99. The molecule has 1 N–H and O–H groups in total. The molecule has 1 aromatic rings. The summed E-state index contributed by atoms with van der Waals surface area (Å²) >= 11 is 0. The minimum absolute atomic E-state index is 0.0587. The summed E-state index contributed by atoms with van der Waals surface area (Å²) in [5, 5.41) is 2.68. The van der Waals surface area contributed by atoms with Crippen molar-refractivity contribution in [2.45, 2.75) is 19.3 Å². The van der Waals surface area contributed by atoms with Crippen LogP contribution >= 0.6 is 0 Å². The van der Waals surface area contributed by atoms with Crippen molar-refractivity contribution in [1.29, 1.82) is 0 Å². The van der Waals surface area contributed by atoms with Gasteiger partial charge in [0.15, 0.2) is 11.5 Å². The smallest absolute Gasteiger partial charge is 0.220 e. The summed E-state index contributed by atoms with van der Waals surface area (Å²) in [5.41, 5.74) is 1.00. The zero-order chi connectivity index (χ0) is 14.1. The van der Waals surface area contributed by atoms with Crippen LogP contribution in [0.1, 0.15) is 18.4 Å². The first-order valence-electron chi connectivity index (χ1n) is 6.12. The Kier molecular flexibility index (Phi) is 6.43. The van der Waals surface area contributed by atoms with Crippen molar-refractivity contribution >= 4 is 12.2 Å². The van der Waals surface area contributed by atoms with E-state index in [0.29, 0.717) is 37.3 Å². The van der Waals surface area contributed by atoms with Gasteiger partial charge in [0.1, 0.15) is 6.29 Å². The van der Waals surface area contributed by atoms with E-state index < -0.39 is 0 Å². The molecule has 0 radical (unpaired) electrons. The van der Waals surface area contributed by atoms with Crippen molar-refractivity contribution in [3.63, 3.8) is 0 Å². The Balaban J connectivity index is 2.49. The number of methoxy groups -OCH3 is 2. The minimum atomic E-state index is -0.0587. The number of carbonyl (C=O) groups is 2. The molecule has 19 heavy (non-hydrogen) atoms. The Morgan fingerprint density at radius 1 is 1.26 bits per heavy atom. The average molecular weight is 265 g/mol. The Hall–Kier alpha value is -2.04. The maximum atomic E-state index is 11.5. The molecule has 0 aliphatic carbocycles. The Bertz CT molecular complexity index is 431. The number of hydrogen-bond acceptors (Lipinski definition) is 4. The van der Waals surface area contributed by atoms with Crippen molar-refractivity contribution in [3.05, 3.63) is 23.8 Å². The SMILES string of the molecule is COc1ccc(CCC(=O)NCCC=O)cc1OC. The van der Waals surface area contributed by atoms with Gasteiger partial charge in [0, 0.05) is 19.4 Å². The van der Waals surface area contributed by atoms with Crippen LogP contribution in [0.25, 0.3) is 0 Å². The topological polar surface area (TPSA) is 64.6 Å². The van der Waals surface area contributed by atoms with Crippen LogP contribution < -0.4 is 14.8 Å². The summed E-state index contributed by atoms with van der Waals surface area (Å²) in [6, 6.07) is 5.58. The zero-order valence-corrected chi connectivity index (χ0v) is 11.3. The van der Waals surface area contributed by atoms with E-state index in [0.717, 1.165) is 11.8 Å². The van der Waals surface area contributed by atoms with Crippen LogP contribution in [-0.2, 0) is 16.0 Å². The van der Waals surface area contributed by atoms with Gasteiger partial charge in [0.2, 0.25) is 5.91 Å². The Labute approximate surface area is 112 Å². The third-order valence-electron chi connectivity index (χ3n) is 2.67. The number of rotatable bonds is 8. The van der Waals surface area contributed by atoms with Crippen LogP contribution in [0.2, 0.25) is 0 Å². The number of nitrogens with one attached hydrogen (secondary N) is 1. The normalized spacial score (nSPS) is 9.79. The summed E-state index contributed by atoms with van der Waals surface area (Å²) in [5.74, 6) is 1.26. The summed E-state index contributed by atoms with van der Waals surface area (Å²) in [6.07, 6.45) is 2.14. The quantitative estimate of drug-likeness (QED) is 0.569. The van der Waals surface area contributed by atoms with E-state index in [-0.39, 0.29) is 5.91 Å². The van der Waals surface area contributed by atoms with Crippen LogP contribution in [0.4, 0.5) is 0 Å². The molecule has 0 atom stereocenters. The predicted octanol–water partition coefficient (Wildman–Crippen LogP) is 1.34. The highest BCUT2D eigenvalue weighted by Gasteiger charge is 2.06. The van der Waals surface area contributed by atoms with Gasteiger partial charge in [-0.2, -0.15) is 0 Å². The molecule has 0 bridgehead atoms. The minimum Gasteiger partial charge on any atom is -0.493 e. The van der Waals surface area contributed by atoms with E-state index >= 15 is 0 Å². The van der Waals surface area contributed by atoms with Gasteiger partial charge in [-0.3, -0.25) is 4.79 Å². The van der Waals surface area contributed by atoms with Gasteiger partial charge < -0.3 is 19.6 Å². The number of aryl methyl sites for hydroxylation is 1. The number of aldehydes is 1. The van der Waals surface area contributed by atoms with Crippen molar-refractivity contribution < 1.29 is 19.1 Å². The van der Waals surface area contributed by atoms with E-state index in [1.807, 2.05) is 18.2 Å². The molecule has 0 saturated carbocycles. The maximum Gasteiger partial charge on any atom is 0.220 e. The number of amides is 1. The summed E-state index contributed by atoms with van der Waals surface area (Å²) in [7, 11) is 3.16. The van der Waals surface area contributed by atoms with E-state index in [1.54, 1.807) is 14.2 Å². The average Bonchev–Trinajstić information content (AvgIpc) is 2.45. The number of carbonyl (C=O) groups excluding carboxylic acids is 2. The summed E-state index contributed by atoms with van der Waals surface area (Å²) in [4.78, 5) is 21.6. The lowest BCUT2D eigenvalue weighted by Gasteiger charge is -2.09. The van der Waals surface area contributed by atoms with E-state index in [9.17, 15) is 9.59 Å². The molecular formula is C14H19NO4. The number of ether oxygens (including phenoxy) is 2. The molecule has 0 saturated heterocycles. The Morgan fingerprint density at radius 2 is 2.00 bits per heavy atom. The first-order chi connectivity index (χ1) is 9.21. The highest BCUT2D eigenvalue weighted by Crippen LogP contribution is 2.27. The monoisotopic (exact) mass is 265 g/mol. The molecule has 0 spiro atoms. The molecule has 0 aromatic heterocycles. The van der Waals surface area contributed by atoms with Gasteiger partial charge in [-0.25, -0.2) is 0 Å². The largest absolute Gasteiger partial charge is 0.493 e. The van der Waals surface area contributed by atoms with Crippen LogP contribution in [-0.4, -0.2) is 33.0 Å². The molecule has 0 heterocycles. The lowest BCUT2D eigenvalue weighted by Crippen LogP contribution is -2.24. The molecule has 1 aromatic carbocycles. The van der Waals surface area contributed by atoms with Crippen LogP contribution in [0, 0.1) is 0 Å². The second-order valence-electron chi connectivity index (χ2n) is 3.99. The van der Waals surface area contributed by atoms with Crippen molar-refractivity contribution in [2.75, 3.05) is 20.8 Å². The fourth-order valence-electron chi connectivity index (χ4n) is 1.65.